The highest BCUT2D eigenvalue weighted by atomic mass is 15.2. The molecule has 0 heterocycles. The Morgan fingerprint density at radius 3 is 2.13 bits per heavy atom. The summed E-state index contributed by atoms with van der Waals surface area (Å²) in [6.45, 7) is 2.90. The first kappa shape index (κ1) is 19.6. The molecule has 0 bridgehead atoms. The molecule has 0 radical (unpaired) electrons. The lowest BCUT2D eigenvalue weighted by Gasteiger charge is -2.21. The standard InChI is InChI=1S/C27H25N3/c1-3-30(2)27(29-26(28)21-14-8-5-9-15-21)23-18-22-16-10-11-17-24(22)25(19-23)20-12-6-4-7-13-20/h4-19,28H,3H2,1-2H3. The van der Waals surface area contributed by atoms with Gasteiger partial charge in [0.25, 0.3) is 0 Å². The monoisotopic (exact) mass is 391 g/mol. The van der Waals surface area contributed by atoms with E-state index in [0.717, 1.165) is 28.9 Å². The minimum Gasteiger partial charge on any atom is -0.359 e. The Bertz CT molecular complexity index is 1190. The van der Waals surface area contributed by atoms with Gasteiger partial charge in [0, 0.05) is 24.7 Å². The highest BCUT2D eigenvalue weighted by Gasteiger charge is 2.14. The highest BCUT2D eigenvalue weighted by Crippen LogP contribution is 2.30. The van der Waals surface area contributed by atoms with Crippen molar-refractivity contribution in [1.82, 2.24) is 4.90 Å². The zero-order valence-corrected chi connectivity index (χ0v) is 17.3. The predicted octanol–water partition coefficient (Wildman–Crippen LogP) is 6.23. The number of aliphatic imine (C=N–C) groups is 1. The first-order valence-corrected chi connectivity index (χ1v) is 10.2. The van der Waals surface area contributed by atoms with E-state index in [1.807, 2.05) is 43.4 Å². The van der Waals surface area contributed by atoms with Crippen molar-refractivity contribution in [2.75, 3.05) is 13.6 Å². The Morgan fingerprint density at radius 2 is 1.43 bits per heavy atom. The summed E-state index contributed by atoms with van der Waals surface area (Å²) in [6, 6.07) is 32.9. The van der Waals surface area contributed by atoms with Gasteiger partial charge < -0.3 is 4.90 Å². The molecule has 4 rings (SSSR count). The molecule has 3 nitrogen and oxygen atoms in total. The first-order valence-electron chi connectivity index (χ1n) is 10.2. The van der Waals surface area contributed by atoms with Gasteiger partial charge in [-0.2, -0.15) is 0 Å². The van der Waals surface area contributed by atoms with Crippen molar-refractivity contribution in [2.45, 2.75) is 6.92 Å². The van der Waals surface area contributed by atoms with Crippen LogP contribution in [-0.4, -0.2) is 30.2 Å². The molecule has 4 aromatic rings. The molecule has 0 aliphatic carbocycles. The second-order valence-corrected chi connectivity index (χ2v) is 7.28. The minimum atomic E-state index is 0.264. The summed E-state index contributed by atoms with van der Waals surface area (Å²) in [5.74, 6) is 1.06. The molecule has 1 N–H and O–H groups in total. The van der Waals surface area contributed by atoms with Gasteiger partial charge in [-0.05, 0) is 41.0 Å². The normalized spacial score (nSPS) is 11.5. The molecule has 0 spiro atoms. The molecule has 0 fully saturated rings. The molecule has 0 atom stereocenters. The van der Waals surface area contributed by atoms with Crippen LogP contribution < -0.4 is 0 Å². The summed E-state index contributed by atoms with van der Waals surface area (Å²) >= 11 is 0. The van der Waals surface area contributed by atoms with Crippen LogP contribution in [0.2, 0.25) is 0 Å². The molecule has 0 aliphatic rings. The van der Waals surface area contributed by atoms with Gasteiger partial charge in [-0.3, -0.25) is 5.41 Å². The lowest BCUT2D eigenvalue weighted by molar-refractivity contribution is 0.537. The van der Waals surface area contributed by atoms with E-state index in [0.29, 0.717) is 0 Å². The third-order valence-electron chi connectivity index (χ3n) is 5.31. The number of benzene rings is 4. The predicted molar refractivity (Wildman–Crippen MR) is 127 cm³/mol. The number of hydrogen-bond acceptors (Lipinski definition) is 1. The van der Waals surface area contributed by atoms with Crippen molar-refractivity contribution >= 4 is 22.4 Å². The fourth-order valence-corrected chi connectivity index (χ4v) is 3.58. The average molecular weight is 392 g/mol. The maximum Gasteiger partial charge on any atom is 0.154 e. The van der Waals surface area contributed by atoms with Crippen LogP contribution in [0, 0.1) is 5.41 Å². The molecule has 0 unspecified atom stereocenters. The summed E-state index contributed by atoms with van der Waals surface area (Å²) in [5, 5.41) is 10.9. The van der Waals surface area contributed by atoms with Crippen molar-refractivity contribution in [3.05, 3.63) is 108 Å². The Kier molecular flexibility index (Phi) is 5.71. The second kappa shape index (κ2) is 8.75. The van der Waals surface area contributed by atoms with Crippen molar-refractivity contribution < 1.29 is 0 Å². The molecule has 0 aromatic heterocycles. The van der Waals surface area contributed by atoms with Crippen LogP contribution in [0.15, 0.2) is 102 Å². The average Bonchev–Trinajstić information content (AvgIpc) is 2.82. The molecule has 0 aliphatic heterocycles. The Hall–Kier alpha value is -3.72. The largest absolute Gasteiger partial charge is 0.359 e. The third-order valence-corrected chi connectivity index (χ3v) is 5.31. The number of rotatable bonds is 4. The van der Waals surface area contributed by atoms with Gasteiger partial charge in [-0.25, -0.2) is 4.99 Å². The maximum absolute atomic E-state index is 8.54. The third kappa shape index (κ3) is 4.01. The van der Waals surface area contributed by atoms with Crippen molar-refractivity contribution in [3.63, 3.8) is 0 Å². The molecule has 3 heteroatoms. The SMILES string of the molecule is CCN(C)C(=NC(=N)c1ccccc1)c1cc(-c2ccccc2)c2ccccc2c1. The molecular formula is C27H25N3. The zero-order chi connectivity index (χ0) is 20.9. The van der Waals surface area contributed by atoms with Crippen molar-refractivity contribution in [3.8, 4) is 11.1 Å². The van der Waals surface area contributed by atoms with Crippen LogP contribution in [0.5, 0.6) is 0 Å². The first-order chi connectivity index (χ1) is 14.7. The Labute approximate surface area is 177 Å². The lowest BCUT2D eigenvalue weighted by Crippen LogP contribution is -2.28. The van der Waals surface area contributed by atoms with E-state index < -0.39 is 0 Å². The summed E-state index contributed by atoms with van der Waals surface area (Å²) < 4.78 is 0. The van der Waals surface area contributed by atoms with Crippen molar-refractivity contribution in [2.24, 2.45) is 4.99 Å². The van der Waals surface area contributed by atoms with Gasteiger partial charge in [-0.1, -0.05) is 84.9 Å². The maximum atomic E-state index is 8.54. The smallest absolute Gasteiger partial charge is 0.154 e. The van der Waals surface area contributed by atoms with Crippen LogP contribution in [0.25, 0.3) is 21.9 Å². The quantitative estimate of drug-likeness (QED) is 0.325. The minimum absolute atomic E-state index is 0.264. The van der Waals surface area contributed by atoms with E-state index in [2.05, 4.69) is 72.5 Å². The van der Waals surface area contributed by atoms with Gasteiger partial charge in [0.15, 0.2) is 5.84 Å². The molecule has 4 aromatic carbocycles. The number of fused-ring (bicyclic) bond motifs is 1. The van der Waals surface area contributed by atoms with Crippen LogP contribution in [-0.2, 0) is 0 Å². The van der Waals surface area contributed by atoms with E-state index in [-0.39, 0.29) is 5.84 Å². The van der Waals surface area contributed by atoms with Gasteiger partial charge in [0.05, 0.1) is 0 Å². The zero-order valence-electron chi connectivity index (χ0n) is 17.3. The van der Waals surface area contributed by atoms with Crippen LogP contribution in [0.1, 0.15) is 18.1 Å². The molecule has 0 saturated heterocycles. The van der Waals surface area contributed by atoms with Gasteiger partial charge in [0.1, 0.15) is 5.84 Å². The summed E-state index contributed by atoms with van der Waals surface area (Å²) in [5.41, 5.74) is 4.17. The van der Waals surface area contributed by atoms with Gasteiger partial charge in [0.2, 0.25) is 0 Å². The topological polar surface area (TPSA) is 39.5 Å². The fraction of sp³-hybridized carbons (Fsp3) is 0.111. The lowest BCUT2D eigenvalue weighted by atomic mass is 9.95. The van der Waals surface area contributed by atoms with E-state index in [1.54, 1.807) is 0 Å². The number of nitrogens with one attached hydrogen (secondary N) is 1. The van der Waals surface area contributed by atoms with Gasteiger partial charge in [-0.15, -0.1) is 0 Å². The van der Waals surface area contributed by atoms with Crippen LogP contribution >= 0.6 is 0 Å². The number of nitrogens with zero attached hydrogens (tertiary/aromatic N) is 2. The summed E-state index contributed by atoms with van der Waals surface area (Å²) in [4.78, 5) is 6.85. The second-order valence-electron chi connectivity index (χ2n) is 7.28. The Morgan fingerprint density at radius 1 is 0.800 bits per heavy atom. The number of hydrogen-bond donors (Lipinski definition) is 1. The molecule has 148 valence electrons. The van der Waals surface area contributed by atoms with E-state index in [9.17, 15) is 0 Å². The summed E-state index contributed by atoms with van der Waals surface area (Å²) in [7, 11) is 2.02. The summed E-state index contributed by atoms with van der Waals surface area (Å²) in [6.07, 6.45) is 0. The Balaban J connectivity index is 1.90. The molecular weight excluding hydrogens is 366 g/mol. The highest BCUT2D eigenvalue weighted by molar-refractivity contribution is 6.12. The van der Waals surface area contributed by atoms with Crippen LogP contribution in [0.4, 0.5) is 0 Å². The molecule has 0 amide bonds. The van der Waals surface area contributed by atoms with Crippen molar-refractivity contribution in [1.29, 1.82) is 5.41 Å². The molecule has 30 heavy (non-hydrogen) atoms. The fourth-order valence-electron chi connectivity index (χ4n) is 3.58. The van der Waals surface area contributed by atoms with E-state index in [4.69, 9.17) is 10.4 Å². The van der Waals surface area contributed by atoms with Crippen LogP contribution in [0.3, 0.4) is 0 Å². The van der Waals surface area contributed by atoms with Gasteiger partial charge >= 0.3 is 0 Å². The molecule has 0 saturated carbocycles. The number of amidine groups is 2. The van der Waals surface area contributed by atoms with E-state index in [1.165, 1.54) is 16.5 Å². The van der Waals surface area contributed by atoms with E-state index >= 15 is 0 Å².